The summed E-state index contributed by atoms with van der Waals surface area (Å²) in [6, 6.07) is 9.06. The average molecular weight is 274 g/mol. The van der Waals surface area contributed by atoms with E-state index in [1.54, 1.807) is 0 Å². The predicted octanol–water partition coefficient (Wildman–Crippen LogP) is 3.93. The van der Waals surface area contributed by atoms with Crippen LogP contribution in [0.25, 0.3) is 0 Å². The van der Waals surface area contributed by atoms with E-state index in [4.69, 9.17) is 0 Å². The lowest BCUT2D eigenvalue weighted by Gasteiger charge is -2.19. The van der Waals surface area contributed by atoms with Crippen molar-refractivity contribution in [1.82, 2.24) is 0 Å². The smallest absolute Gasteiger partial charge is 0.132 e. The highest BCUT2D eigenvalue weighted by Gasteiger charge is 2.18. The van der Waals surface area contributed by atoms with E-state index in [2.05, 4.69) is 0 Å². The Kier molecular flexibility index (Phi) is 3.53. The van der Waals surface area contributed by atoms with Gasteiger partial charge >= 0.3 is 0 Å². The molecule has 1 N–H and O–H groups in total. The molecule has 1 unspecified atom stereocenters. The summed E-state index contributed by atoms with van der Waals surface area (Å²) in [6.45, 7) is 0. The van der Waals surface area contributed by atoms with Gasteiger partial charge in [-0.05, 0) is 48.4 Å². The summed E-state index contributed by atoms with van der Waals surface area (Å²) < 4.78 is 26.6. The van der Waals surface area contributed by atoms with Crippen LogP contribution in [0.3, 0.4) is 0 Å². The van der Waals surface area contributed by atoms with Gasteiger partial charge in [0.2, 0.25) is 0 Å². The number of aliphatic hydroxyl groups is 1. The average Bonchev–Trinajstić information content (AvgIpc) is 2.46. The number of hydrogen-bond donors (Lipinski definition) is 1. The van der Waals surface area contributed by atoms with E-state index < -0.39 is 17.7 Å². The van der Waals surface area contributed by atoms with Gasteiger partial charge in [-0.2, -0.15) is 0 Å². The minimum absolute atomic E-state index is 0.113. The van der Waals surface area contributed by atoms with Gasteiger partial charge in [-0.1, -0.05) is 24.3 Å². The van der Waals surface area contributed by atoms with E-state index in [0.29, 0.717) is 5.56 Å². The third kappa shape index (κ3) is 2.46. The van der Waals surface area contributed by atoms with Crippen molar-refractivity contribution in [2.24, 2.45) is 0 Å². The second-order valence-electron chi connectivity index (χ2n) is 5.30. The van der Waals surface area contributed by atoms with Crippen molar-refractivity contribution in [2.75, 3.05) is 0 Å². The first-order valence-corrected chi connectivity index (χ1v) is 6.90. The van der Waals surface area contributed by atoms with Gasteiger partial charge in [0.15, 0.2) is 0 Å². The number of aryl methyl sites for hydroxylation is 2. The molecule has 0 radical (unpaired) electrons. The van der Waals surface area contributed by atoms with Crippen molar-refractivity contribution in [3.63, 3.8) is 0 Å². The van der Waals surface area contributed by atoms with E-state index in [9.17, 15) is 13.9 Å². The van der Waals surface area contributed by atoms with Gasteiger partial charge < -0.3 is 5.11 Å². The minimum atomic E-state index is -1.05. The van der Waals surface area contributed by atoms with Crippen LogP contribution < -0.4 is 0 Å². The number of halogens is 2. The highest BCUT2D eigenvalue weighted by atomic mass is 19.1. The van der Waals surface area contributed by atoms with Crippen molar-refractivity contribution < 1.29 is 13.9 Å². The summed E-state index contributed by atoms with van der Waals surface area (Å²) in [6.07, 6.45) is 3.36. The molecule has 1 aliphatic carbocycles. The van der Waals surface area contributed by atoms with E-state index in [0.717, 1.165) is 25.3 Å². The van der Waals surface area contributed by atoms with Gasteiger partial charge in [0, 0.05) is 11.6 Å². The largest absolute Gasteiger partial charge is 0.384 e. The summed E-state index contributed by atoms with van der Waals surface area (Å²) in [5.41, 5.74) is 3.32. The molecule has 1 nitrogen and oxygen atoms in total. The molecule has 20 heavy (non-hydrogen) atoms. The van der Waals surface area contributed by atoms with Crippen molar-refractivity contribution in [3.05, 3.63) is 70.3 Å². The molecule has 0 fully saturated rings. The van der Waals surface area contributed by atoms with Crippen LogP contribution in [0.4, 0.5) is 8.78 Å². The zero-order valence-corrected chi connectivity index (χ0v) is 11.1. The summed E-state index contributed by atoms with van der Waals surface area (Å²) in [4.78, 5) is 0. The van der Waals surface area contributed by atoms with Gasteiger partial charge in [0.1, 0.15) is 17.7 Å². The lowest BCUT2D eigenvalue weighted by atomic mass is 9.88. The van der Waals surface area contributed by atoms with Gasteiger partial charge in [0.05, 0.1) is 0 Å². The Labute approximate surface area is 116 Å². The monoisotopic (exact) mass is 274 g/mol. The minimum Gasteiger partial charge on any atom is -0.384 e. The highest BCUT2D eigenvalue weighted by Crippen LogP contribution is 2.29. The molecule has 1 aliphatic rings. The first-order chi connectivity index (χ1) is 9.65. The highest BCUT2D eigenvalue weighted by molar-refractivity contribution is 5.38. The van der Waals surface area contributed by atoms with Crippen molar-refractivity contribution in [1.29, 1.82) is 0 Å². The molecule has 1 atom stereocenters. The van der Waals surface area contributed by atoms with Crippen molar-refractivity contribution in [3.8, 4) is 0 Å². The number of benzene rings is 2. The molecule has 0 spiro atoms. The first-order valence-electron chi connectivity index (χ1n) is 6.90. The van der Waals surface area contributed by atoms with E-state index in [-0.39, 0.29) is 5.56 Å². The molecular weight excluding hydrogens is 258 g/mol. The van der Waals surface area contributed by atoms with Crippen molar-refractivity contribution >= 4 is 0 Å². The molecule has 0 aliphatic heterocycles. The standard InChI is InChI=1S/C17H16F2O/c18-14-7-8-15(16(19)10-14)17(20)13-6-5-11-3-1-2-4-12(11)9-13/h5-10,17,20H,1-4H2. The number of fused-ring (bicyclic) bond motifs is 1. The van der Waals surface area contributed by atoms with Gasteiger partial charge in [-0.15, -0.1) is 0 Å². The second kappa shape index (κ2) is 5.33. The Morgan fingerprint density at radius 1 is 0.900 bits per heavy atom. The van der Waals surface area contributed by atoms with Crippen molar-refractivity contribution in [2.45, 2.75) is 31.8 Å². The molecule has 3 rings (SSSR count). The fourth-order valence-corrected chi connectivity index (χ4v) is 2.83. The van der Waals surface area contributed by atoms with Crippen LogP contribution in [0.2, 0.25) is 0 Å². The number of hydrogen-bond acceptors (Lipinski definition) is 1. The molecule has 0 saturated heterocycles. The molecule has 2 aromatic rings. The van der Waals surface area contributed by atoms with Crippen LogP contribution in [0.15, 0.2) is 36.4 Å². The van der Waals surface area contributed by atoms with Crippen LogP contribution in [0.1, 0.15) is 41.2 Å². The van der Waals surface area contributed by atoms with E-state index in [1.165, 1.54) is 29.7 Å². The molecule has 0 amide bonds. The van der Waals surface area contributed by atoms with Crippen LogP contribution in [0.5, 0.6) is 0 Å². The Balaban J connectivity index is 1.95. The fourth-order valence-electron chi connectivity index (χ4n) is 2.83. The normalized spacial score (nSPS) is 15.8. The molecule has 3 heteroatoms. The molecule has 104 valence electrons. The molecule has 0 bridgehead atoms. The maximum Gasteiger partial charge on any atom is 0.132 e. The molecular formula is C17H16F2O. The first kappa shape index (κ1) is 13.3. The quantitative estimate of drug-likeness (QED) is 0.880. The number of rotatable bonds is 2. The Morgan fingerprint density at radius 3 is 2.40 bits per heavy atom. The van der Waals surface area contributed by atoms with Gasteiger partial charge in [0.25, 0.3) is 0 Å². The zero-order chi connectivity index (χ0) is 14.1. The Hall–Kier alpha value is -1.74. The summed E-state index contributed by atoms with van der Waals surface area (Å²) in [5, 5.41) is 10.3. The number of aliphatic hydroxyl groups excluding tert-OH is 1. The zero-order valence-electron chi connectivity index (χ0n) is 11.1. The molecule has 0 heterocycles. The third-order valence-electron chi connectivity index (χ3n) is 3.95. The van der Waals surface area contributed by atoms with Crippen LogP contribution >= 0.6 is 0 Å². The Morgan fingerprint density at radius 2 is 1.65 bits per heavy atom. The summed E-state index contributed by atoms with van der Waals surface area (Å²) in [7, 11) is 0. The lowest BCUT2D eigenvalue weighted by molar-refractivity contribution is 0.214. The fraction of sp³-hybridized carbons (Fsp3) is 0.294. The van der Waals surface area contributed by atoms with Gasteiger partial charge in [-0.25, -0.2) is 8.78 Å². The Bertz CT molecular complexity index is 637. The molecule has 2 aromatic carbocycles. The van der Waals surface area contributed by atoms with Crippen LogP contribution in [-0.4, -0.2) is 5.11 Å². The van der Waals surface area contributed by atoms with E-state index >= 15 is 0 Å². The van der Waals surface area contributed by atoms with Gasteiger partial charge in [-0.3, -0.25) is 0 Å². The SMILES string of the molecule is OC(c1ccc2c(c1)CCCC2)c1ccc(F)cc1F. The topological polar surface area (TPSA) is 20.2 Å². The third-order valence-corrected chi connectivity index (χ3v) is 3.95. The summed E-state index contributed by atoms with van der Waals surface area (Å²) >= 11 is 0. The predicted molar refractivity (Wildman–Crippen MR) is 73.5 cm³/mol. The second-order valence-corrected chi connectivity index (χ2v) is 5.30. The van der Waals surface area contributed by atoms with Crippen LogP contribution in [0, 0.1) is 11.6 Å². The van der Waals surface area contributed by atoms with E-state index in [1.807, 2.05) is 18.2 Å². The molecule has 0 aromatic heterocycles. The summed E-state index contributed by atoms with van der Waals surface area (Å²) in [5.74, 6) is -1.35. The maximum absolute atomic E-state index is 13.7. The molecule has 0 saturated carbocycles. The van der Waals surface area contributed by atoms with Crippen LogP contribution in [-0.2, 0) is 12.8 Å². The maximum atomic E-state index is 13.7. The lowest BCUT2D eigenvalue weighted by Crippen LogP contribution is -2.07.